The normalized spacial score (nSPS) is 20.7. The summed E-state index contributed by atoms with van der Waals surface area (Å²) in [5.41, 5.74) is 0.660. The van der Waals surface area contributed by atoms with Crippen LogP contribution in [0.3, 0.4) is 0 Å². The van der Waals surface area contributed by atoms with Crippen molar-refractivity contribution >= 4 is 29.2 Å². The van der Waals surface area contributed by atoms with E-state index in [0.717, 1.165) is 19.7 Å². The van der Waals surface area contributed by atoms with Crippen LogP contribution in [0.1, 0.15) is 11.7 Å². The predicted octanol–water partition coefficient (Wildman–Crippen LogP) is 1.52. The summed E-state index contributed by atoms with van der Waals surface area (Å²) >= 11 is 11.9. The molecule has 2 atom stereocenters. The first-order valence-corrected chi connectivity index (χ1v) is 8.62. The van der Waals surface area contributed by atoms with E-state index in [0.29, 0.717) is 34.7 Å². The third kappa shape index (κ3) is 6.11. The Balaban J connectivity index is 1.80. The van der Waals surface area contributed by atoms with Crippen LogP contribution in [-0.2, 0) is 4.74 Å². The van der Waals surface area contributed by atoms with Crippen molar-refractivity contribution < 1.29 is 9.84 Å². The highest BCUT2D eigenvalue weighted by Gasteiger charge is 2.18. The van der Waals surface area contributed by atoms with E-state index in [-0.39, 0.29) is 6.10 Å². The SMILES string of the molecule is CN=C(NCC1CN(C)CCO1)NCC(O)c1cc(Cl)cc(Cl)c1. The maximum atomic E-state index is 10.3. The van der Waals surface area contributed by atoms with Crippen molar-refractivity contribution in [3.05, 3.63) is 33.8 Å². The Bertz CT molecular complexity index is 551. The molecule has 24 heavy (non-hydrogen) atoms. The number of benzene rings is 1. The molecule has 0 saturated carbocycles. The van der Waals surface area contributed by atoms with E-state index >= 15 is 0 Å². The zero-order valence-corrected chi connectivity index (χ0v) is 15.4. The van der Waals surface area contributed by atoms with E-state index in [1.807, 2.05) is 0 Å². The van der Waals surface area contributed by atoms with Crippen LogP contribution in [-0.4, -0.2) is 69.0 Å². The number of nitrogens with zero attached hydrogens (tertiary/aromatic N) is 2. The minimum Gasteiger partial charge on any atom is -0.387 e. The molecule has 8 heteroatoms. The molecule has 1 aromatic carbocycles. The summed E-state index contributed by atoms with van der Waals surface area (Å²) < 4.78 is 5.70. The molecule has 134 valence electrons. The van der Waals surface area contributed by atoms with E-state index in [4.69, 9.17) is 27.9 Å². The summed E-state index contributed by atoms with van der Waals surface area (Å²) in [5, 5.41) is 17.6. The van der Waals surface area contributed by atoms with E-state index in [1.54, 1.807) is 25.2 Å². The van der Waals surface area contributed by atoms with Crippen molar-refractivity contribution in [3.63, 3.8) is 0 Å². The van der Waals surface area contributed by atoms with Gasteiger partial charge in [-0.15, -0.1) is 0 Å². The number of halogens is 2. The number of aliphatic hydroxyl groups excluding tert-OH is 1. The smallest absolute Gasteiger partial charge is 0.191 e. The van der Waals surface area contributed by atoms with Crippen molar-refractivity contribution in [2.75, 3.05) is 46.9 Å². The molecule has 1 saturated heterocycles. The number of hydrogen-bond acceptors (Lipinski definition) is 4. The molecule has 1 fully saturated rings. The fourth-order valence-electron chi connectivity index (χ4n) is 2.50. The van der Waals surface area contributed by atoms with Gasteiger partial charge in [0.05, 0.1) is 18.8 Å². The van der Waals surface area contributed by atoms with Crippen LogP contribution in [0.15, 0.2) is 23.2 Å². The number of hydrogen-bond donors (Lipinski definition) is 3. The first kappa shape index (κ1) is 19.3. The summed E-state index contributed by atoms with van der Waals surface area (Å²) in [6.45, 7) is 3.53. The number of nitrogens with one attached hydrogen (secondary N) is 2. The van der Waals surface area contributed by atoms with Crippen LogP contribution in [0.25, 0.3) is 0 Å². The molecule has 1 aliphatic heterocycles. The second kappa shape index (κ2) is 9.44. The Hall–Kier alpha value is -1.05. The van der Waals surface area contributed by atoms with Gasteiger partial charge in [0.1, 0.15) is 0 Å². The second-order valence-corrected chi connectivity index (χ2v) is 6.68. The molecule has 1 heterocycles. The predicted molar refractivity (Wildman–Crippen MR) is 98.0 cm³/mol. The van der Waals surface area contributed by atoms with Crippen LogP contribution in [0.4, 0.5) is 0 Å². The number of rotatable bonds is 5. The van der Waals surface area contributed by atoms with Gasteiger partial charge >= 0.3 is 0 Å². The summed E-state index contributed by atoms with van der Waals surface area (Å²) in [7, 11) is 3.76. The molecule has 0 radical (unpaired) electrons. The fraction of sp³-hybridized carbons (Fsp3) is 0.562. The first-order chi connectivity index (χ1) is 11.5. The molecule has 2 unspecified atom stereocenters. The zero-order valence-electron chi connectivity index (χ0n) is 13.9. The molecule has 2 rings (SSSR count). The summed E-state index contributed by atoms with van der Waals surface area (Å²) in [5.74, 6) is 0.610. The number of aliphatic hydroxyl groups is 1. The molecule has 0 bridgehead atoms. The molecule has 0 amide bonds. The van der Waals surface area contributed by atoms with Crippen LogP contribution in [0, 0.1) is 0 Å². The lowest BCUT2D eigenvalue weighted by Gasteiger charge is -2.30. The van der Waals surface area contributed by atoms with Gasteiger partial charge in [-0.3, -0.25) is 4.99 Å². The molecule has 0 aliphatic carbocycles. The Labute approximate surface area is 152 Å². The summed E-state index contributed by atoms with van der Waals surface area (Å²) in [4.78, 5) is 6.39. The average molecular weight is 375 g/mol. The minimum absolute atomic E-state index is 0.124. The van der Waals surface area contributed by atoms with Gasteiger partial charge in [-0.25, -0.2) is 0 Å². The lowest BCUT2D eigenvalue weighted by molar-refractivity contribution is -0.0161. The van der Waals surface area contributed by atoms with Crippen LogP contribution in [0.2, 0.25) is 10.0 Å². The van der Waals surface area contributed by atoms with Gasteiger partial charge in [0.2, 0.25) is 0 Å². The van der Waals surface area contributed by atoms with Gasteiger partial charge in [0.15, 0.2) is 5.96 Å². The number of likely N-dealkylation sites (N-methyl/N-ethyl adjacent to an activating group) is 1. The highest BCUT2D eigenvalue weighted by atomic mass is 35.5. The largest absolute Gasteiger partial charge is 0.387 e. The third-order valence-electron chi connectivity index (χ3n) is 3.80. The van der Waals surface area contributed by atoms with E-state index < -0.39 is 6.10 Å². The van der Waals surface area contributed by atoms with Crippen molar-refractivity contribution in [2.45, 2.75) is 12.2 Å². The Kier molecular flexibility index (Phi) is 7.58. The maximum Gasteiger partial charge on any atom is 0.191 e. The highest BCUT2D eigenvalue weighted by Crippen LogP contribution is 2.23. The lowest BCUT2D eigenvalue weighted by atomic mass is 10.1. The first-order valence-electron chi connectivity index (χ1n) is 7.86. The number of aliphatic imine (C=N–C) groups is 1. The summed E-state index contributed by atoms with van der Waals surface area (Å²) in [6.07, 6.45) is -0.615. The molecule has 0 spiro atoms. The van der Waals surface area contributed by atoms with Crippen molar-refractivity contribution in [2.24, 2.45) is 4.99 Å². The van der Waals surface area contributed by atoms with Gasteiger partial charge in [0, 0.05) is 43.3 Å². The molecular weight excluding hydrogens is 351 g/mol. The van der Waals surface area contributed by atoms with Gasteiger partial charge < -0.3 is 25.4 Å². The third-order valence-corrected chi connectivity index (χ3v) is 4.23. The van der Waals surface area contributed by atoms with Gasteiger partial charge in [-0.1, -0.05) is 23.2 Å². The van der Waals surface area contributed by atoms with E-state index in [1.165, 1.54) is 0 Å². The average Bonchev–Trinajstić information content (AvgIpc) is 2.54. The van der Waals surface area contributed by atoms with Crippen LogP contribution < -0.4 is 10.6 Å². The van der Waals surface area contributed by atoms with Crippen molar-refractivity contribution in [1.29, 1.82) is 0 Å². The Morgan fingerprint density at radius 1 is 1.38 bits per heavy atom. The lowest BCUT2D eigenvalue weighted by Crippen LogP contribution is -2.48. The topological polar surface area (TPSA) is 69.1 Å². The van der Waals surface area contributed by atoms with Crippen LogP contribution in [0.5, 0.6) is 0 Å². The molecular formula is C16H24Cl2N4O2. The maximum absolute atomic E-state index is 10.3. The standard InChI is InChI=1S/C16H24Cl2N4O2/c1-19-16(20-8-14-10-22(2)3-4-24-14)21-9-15(23)11-5-12(17)7-13(18)6-11/h5-7,14-15,23H,3-4,8-10H2,1-2H3,(H2,19,20,21). The molecule has 1 aromatic rings. The number of ether oxygens (including phenoxy) is 1. The van der Waals surface area contributed by atoms with Gasteiger partial charge in [0.25, 0.3) is 0 Å². The summed E-state index contributed by atoms with van der Waals surface area (Å²) in [6, 6.07) is 5.03. The van der Waals surface area contributed by atoms with Crippen molar-refractivity contribution in [3.8, 4) is 0 Å². The van der Waals surface area contributed by atoms with E-state index in [2.05, 4.69) is 27.6 Å². The Morgan fingerprint density at radius 3 is 2.71 bits per heavy atom. The molecule has 3 N–H and O–H groups in total. The minimum atomic E-state index is -0.739. The molecule has 1 aliphatic rings. The Morgan fingerprint density at radius 2 is 2.08 bits per heavy atom. The van der Waals surface area contributed by atoms with Crippen molar-refractivity contribution in [1.82, 2.24) is 15.5 Å². The molecule has 6 nitrogen and oxygen atoms in total. The monoisotopic (exact) mass is 374 g/mol. The zero-order chi connectivity index (χ0) is 17.5. The fourth-order valence-corrected chi connectivity index (χ4v) is 3.04. The second-order valence-electron chi connectivity index (χ2n) is 5.81. The van der Waals surface area contributed by atoms with E-state index in [9.17, 15) is 5.11 Å². The highest BCUT2D eigenvalue weighted by molar-refractivity contribution is 6.34. The number of guanidine groups is 1. The van der Waals surface area contributed by atoms with Gasteiger partial charge in [-0.2, -0.15) is 0 Å². The number of morpholine rings is 1. The quantitative estimate of drug-likeness (QED) is 0.538. The van der Waals surface area contributed by atoms with Crippen LogP contribution >= 0.6 is 23.2 Å². The van der Waals surface area contributed by atoms with Gasteiger partial charge in [-0.05, 0) is 30.8 Å². The molecule has 0 aromatic heterocycles.